The normalized spacial score (nSPS) is 10.7. The van der Waals surface area contributed by atoms with E-state index in [1.165, 1.54) is 11.1 Å². The van der Waals surface area contributed by atoms with Gasteiger partial charge in [-0.3, -0.25) is 4.98 Å². The van der Waals surface area contributed by atoms with Crippen molar-refractivity contribution in [3.05, 3.63) is 59.8 Å². The van der Waals surface area contributed by atoms with E-state index in [4.69, 9.17) is 4.98 Å². The first-order valence-corrected chi connectivity index (χ1v) is 9.35. The first kappa shape index (κ1) is 17.9. The molecule has 0 bridgehead atoms. The van der Waals surface area contributed by atoms with Crippen molar-refractivity contribution in [1.29, 1.82) is 5.26 Å². The van der Waals surface area contributed by atoms with Gasteiger partial charge in [0.15, 0.2) is 0 Å². The maximum Gasteiger partial charge on any atom is 0.0998 e. The molecule has 2 aromatic carbocycles. The number of aryl methyl sites for hydroxylation is 1. The van der Waals surface area contributed by atoms with E-state index in [9.17, 15) is 5.26 Å². The molecule has 0 saturated carbocycles. The molecule has 3 aromatic rings. The lowest BCUT2D eigenvalue weighted by Crippen LogP contribution is -2.26. The Morgan fingerprint density at radius 3 is 2.19 bits per heavy atom. The number of hydrogen-bond donors (Lipinski definition) is 0. The van der Waals surface area contributed by atoms with Crippen LogP contribution in [0.3, 0.4) is 0 Å². The van der Waals surface area contributed by atoms with Crippen LogP contribution in [0.4, 0.5) is 5.69 Å². The molecule has 0 radical (unpaired) electrons. The van der Waals surface area contributed by atoms with Gasteiger partial charge in [-0.1, -0.05) is 56.3 Å². The smallest absolute Gasteiger partial charge is 0.0998 e. The van der Waals surface area contributed by atoms with Crippen LogP contribution in [0.2, 0.25) is 0 Å². The topological polar surface area (TPSA) is 39.9 Å². The molecule has 0 atom stereocenters. The Morgan fingerprint density at radius 2 is 1.54 bits per heavy atom. The highest BCUT2D eigenvalue weighted by Crippen LogP contribution is 2.36. The number of fused-ring (bicyclic) bond motifs is 1. The second kappa shape index (κ2) is 8.01. The lowest BCUT2D eigenvalue weighted by atomic mass is 9.98. The third-order valence-corrected chi connectivity index (χ3v) is 4.67. The van der Waals surface area contributed by atoms with Crippen molar-refractivity contribution in [2.24, 2.45) is 0 Å². The van der Waals surface area contributed by atoms with Gasteiger partial charge in [-0.2, -0.15) is 5.26 Å². The summed E-state index contributed by atoms with van der Waals surface area (Å²) in [5.74, 6) is 0. The molecular weight excluding hydrogens is 318 g/mol. The standard InChI is InChI=1S/C23H25N3/c1-4-14-26(15-5-2)23-17(3)25-22(20-12-8-9-13-21(20)23)19-11-7-6-10-18(19)16-24/h6-13H,4-5,14-15H2,1-3H3. The number of nitrogens with zero attached hydrogens (tertiary/aromatic N) is 3. The Morgan fingerprint density at radius 1 is 0.923 bits per heavy atom. The Balaban J connectivity index is 2.30. The van der Waals surface area contributed by atoms with E-state index in [-0.39, 0.29) is 0 Å². The van der Waals surface area contributed by atoms with E-state index in [0.29, 0.717) is 5.56 Å². The number of benzene rings is 2. The molecule has 0 amide bonds. The number of aromatic nitrogens is 1. The summed E-state index contributed by atoms with van der Waals surface area (Å²) in [5.41, 5.74) is 4.71. The molecule has 0 aliphatic rings. The minimum absolute atomic E-state index is 0.663. The van der Waals surface area contributed by atoms with Crippen molar-refractivity contribution in [2.45, 2.75) is 33.6 Å². The van der Waals surface area contributed by atoms with Crippen molar-refractivity contribution in [1.82, 2.24) is 4.98 Å². The molecule has 0 unspecified atom stereocenters. The molecule has 3 rings (SSSR count). The summed E-state index contributed by atoms with van der Waals surface area (Å²) in [7, 11) is 0. The minimum Gasteiger partial charge on any atom is -0.370 e. The lowest BCUT2D eigenvalue weighted by molar-refractivity contribution is 0.743. The first-order valence-electron chi connectivity index (χ1n) is 9.35. The van der Waals surface area contributed by atoms with Crippen LogP contribution in [0.15, 0.2) is 48.5 Å². The Hall–Kier alpha value is -2.86. The minimum atomic E-state index is 0.663. The highest BCUT2D eigenvalue weighted by Gasteiger charge is 2.18. The number of pyridine rings is 1. The molecule has 0 saturated heterocycles. The molecule has 3 nitrogen and oxygen atoms in total. The molecular formula is C23H25N3. The first-order chi connectivity index (χ1) is 12.7. The summed E-state index contributed by atoms with van der Waals surface area (Å²) < 4.78 is 0. The van der Waals surface area contributed by atoms with Crippen molar-refractivity contribution in [3.8, 4) is 17.3 Å². The zero-order valence-corrected chi connectivity index (χ0v) is 15.8. The van der Waals surface area contributed by atoms with E-state index in [0.717, 1.165) is 48.3 Å². The third kappa shape index (κ3) is 3.28. The van der Waals surface area contributed by atoms with Gasteiger partial charge in [0.1, 0.15) is 0 Å². The fraction of sp³-hybridized carbons (Fsp3) is 0.304. The van der Waals surface area contributed by atoms with Crippen molar-refractivity contribution in [3.63, 3.8) is 0 Å². The quantitative estimate of drug-likeness (QED) is 0.575. The summed E-state index contributed by atoms with van der Waals surface area (Å²) >= 11 is 0. The Kier molecular flexibility index (Phi) is 5.53. The zero-order valence-electron chi connectivity index (χ0n) is 15.8. The average molecular weight is 343 g/mol. The van der Waals surface area contributed by atoms with Gasteiger partial charge < -0.3 is 4.90 Å². The fourth-order valence-corrected chi connectivity index (χ4v) is 3.64. The van der Waals surface area contributed by atoms with Crippen LogP contribution in [-0.2, 0) is 0 Å². The van der Waals surface area contributed by atoms with Gasteiger partial charge in [-0.05, 0) is 25.8 Å². The second-order valence-corrected chi connectivity index (χ2v) is 6.58. The molecule has 0 spiro atoms. The van der Waals surface area contributed by atoms with Crippen LogP contribution in [0, 0.1) is 18.3 Å². The molecule has 0 N–H and O–H groups in total. The monoisotopic (exact) mass is 343 g/mol. The molecule has 0 fully saturated rings. The summed E-state index contributed by atoms with van der Waals surface area (Å²) in [6.07, 6.45) is 2.21. The van der Waals surface area contributed by atoms with Gasteiger partial charge >= 0.3 is 0 Å². The molecule has 132 valence electrons. The van der Waals surface area contributed by atoms with Crippen molar-refractivity contribution < 1.29 is 0 Å². The number of rotatable bonds is 6. The van der Waals surface area contributed by atoms with Crippen LogP contribution in [-0.4, -0.2) is 18.1 Å². The largest absolute Gasteiger partial charge is 0.370 e. The lowest BCUT2D eigenvalue weighted by Gasteiger charge is -2.27. The maximum absolute atomic E-state index is 9.52. The van der Waals surface area contributed by atoms with E-state index >= 15 is 0 Å². The van der Waals surface area contributed by atoms with Gasteiger partial charge in [0.2, 0.25) is 0 Å². The van der Waals surface area contributed by atoms with E-state index in [2.05, 4.69) is 49.9 Å². The van der Waals surface area contributed by atoms with E-state index in [1.54, 1.807) is 0 Å². The van der Waals surface area contributed by atoms with Gasteiger partial charge in [-0.15, -0.1) is 0 Å². The van der Waals surface area contributed by atoms with Crippen LogP contribution in [0.25, 0.3) is 22.0 Å². The molecule has 1 heterocycles. The summed E-state index contributed by atoms with van der Waals surface area (Å²) in [6, 6.07) is 18.4. The molecule has 3 heteroatoms. The highest BCUT2D eigenvalue weighted by molar-refractivity contribution is 6.03. The molecule has 0 aliphatic heterocycles. The van der Waals surface area contributed by atoms with Crippen LogP contribution < -0.4 is 4.90 Å². The molecule has 26 heavy (non-hydrogen) atoms. The second-order valence-electron chi connectivity index (χ2n) is 6.58. The predicted molar refractivity (Wildman–Crippen MR) is 109 cm³/mol. The Labute approximate surface area is 155 Å². The maximum atomic E-state index is 9.52. The van der Waals surface area contributed by atoms with Gasteiger partial charge in [-0.25, -0.2) is 0 Å². The number of anilines is 1. The van der Waals surface area contributed by atoms with Crippen LogP contribution >= 0.6 is 0 Å². The molecule has 0 aliphatic carbocycles. The van der Waals surface area contributed by atoms with Crippen molar-refractivity contribution >= 4 is 16.5 Å². The van der Waals surface area contributed by atoms with Crippen LogP contribution in [0.1, 0.15) is 37.9 Å². The SMILES string of the molecule is CCCN(CCC)c1c(C)nc(-c2ccccc2C#N)c2ccccc12. The van der Waals surface area contributed by atoms with Gasteiger partial charge in [0.05, 0.1) is 28.7 Å². The fourth-order valence-electron chi connectivity index (χ4n) is 3.64. The highest BCUT2D eigenvalue weighted by atomic mass is 15.1. The summed E-state index contributed by atoms with van der Waals surface area (Å²) in [4.78, 5) is 7.42. The van der Waals surface area contributed by atoms with Gasteiger partial charge in [0.25, 0.3) is 0 Å². The third-order valence-electron chi connectivity index (χ3n) is 4.67. The summed E-state index contributed by atoms with van der Waals surface area (Å²) in [5, 5.41) is 11.8. The average Bonchev–Trinajstić information content (AvgIpc) is 2.67. The van der Waals surface area contributed by atoms with E-state index < -0.39 is 0 Å². The van der Waals surface area contributed by atoms with Crippen LogP contribution in [0.5, 0.6) is 0 Å². The number of hydrogen-bond acceptors (Lipinski definition) is 3. The molecule has 1 aromatic heterocycles. The van der Waals surface area contributed by atoms with Crippen molar-refractivity contribution in [2.75, 3.05) is 18.0 Å². The summed E-state index contributed by atoms with van der Waals surface area (Å²) in [6.45, 7) is 8.55. The Bertz CT molecular complexity index is 947. The number of nitriles is 1. The van der Waals surface area contributed by atoms with Gasteiger partial charge in [0, 0.05) is 29.4 Å². The zero-order chi connectivity index (χ0) is 18.5. The predicted octanol–water partition coefficient (Wildman–Crippen LogP) is 5.71. The van der Waals surface area contributed by atoms with E-state index in [1.807, 2.05) is 30.3 Å².